The summed E-state index contributed by atoms with van der Waals surface area (Å²) < 4.78 is 42.5. The van der Waals surface area contributed by atoms with E-state index < -0.39 is 18.7 Å². The monoisotopic (exact) mass is 234 g/mol. The van der Waals surface area contributed by atoms with Crippen molar-refractivity contribution in [2.45, 2.75) is 19.0 Å². The van der Waals surface area contributed by atoms with Crippen LogP contribution >= 0.6 is 0 Å². The molecule has 90 valence electrons. The summed E-state index contributed by atoms with van der Waals surface area (Å²) in [6, 6.07) is 5.57. The van der Waals surface area contributed by atoms with Gasteiger partial charge in [0, 0.05) is 0 Å². The SMILES string of the molecule is CCOc1ccc(C(CO)C(F)(F)F)cc1. The minimum Gasteiger partial charge on any atom is -0.494 e. The van der Waals surface area contributed by atoms with Gasteiger partial charge in [-0.05, 0) is 24.6 Å². The van der Waals surface area contributed by atoms with Crippen molar-refractivity contribution in [2.75, 3.05) is 13.2 Å². The molecule has 0 aromatic heterocycles. The third-order valence-electron chi connectivity index (χ3n) is 2.17. The number of alkyl halides is 3. The quantitative estimate of drug-likeness (QED) is 0.867. The highest BCUT2D eigenvalue weighted by atomic mass is 19.4. The van der Waals surface area contributed by atoms with Crippen LogP contribution in [0.1, 0.15) is 18.4 Å². The van der Waals surface area contributed by atoms with Gasteiger partial charge < -0.3 is 9.84 Å². The molecule has 0 amide bonds. The Morgan fingerprint density at radius 2 is 1.81 bits per heavy atom. The van der Waals surface area contributed by atoms with Gasteiger partial charge in [0.2, 0.25) is 0 Å². The van der Waals surface area contributed by atoms with Crippen molar-refractivity contribution < 1.29 is 23.0 Å². The molecular weight excluding hydrogens is 221 g/mol. The lowest BCUT2D eigenvalue weighted by molar-refractivity contribution is -0.158. The van der Waals surface area contributed by atoms with Gasteiger partial charge >= 0.3 is 6.18 Å². The van der Waals surface area contributed by atoms with E-state index in [0.29, 0.717) is 12.4 Å². The van der Waals surface area contributed by atoms with Crippen LogP contribution in [0.5, 0.6) is 5.75 Å². The second-order valence-corrected chi connectivity index (χ2v) is 3.28. The molecule has 0 spiro atoms. The van der Waals surface area contributed by atoms with E-state index in [0.717, 1.165) is 0 Å². The lowest BCUT2D eigenvalue weighted by atomic mass is 9.99. The molecule has 1 aromatic carbocycles. The number of hydrogen-bond acceptors (Lipinski definition) is 2. The average Bonchev–Trinajstić information content (AvgIpc) is 2.20. The summed E-state index contributed by atoms with van der Waals surface area (Å²) in [5, 5.41) is 8.74. The molecule has 0 bridgehead atoms. The van der Waals surface area contributed by atoms with E-state index in [1.165, 1.54) is 24.3 Å². The first-order chi connectivity index (χ1) is 7.49. The average molecular weight is 234 g/mol. The van der Waals surface area contributed by atoms with E-state index in [9.17, 15) is 13.2 Å². The lowest BCUT2D eigenvalue weighted by Gasteiger charge is -2.18. The zero-order chi connectivity index (χ0) is 12.2. The third kappa shape index (κ3) is 3.13. The summed E-state index contributed by atoms with van der Waals surface area (Å²) in [5.41, 5.74) is 0.0402. The molecule has 0 radical (unpaired) electrons. The van der Waals surface area contributed by atoms with E-state index in [2.05, 4.69) is 0 Å². The van der Waals surface area contributed by atoms with E-state index in [-0.39, 0.29) is 5.56 Å². The number of halogens is 3. The molecule has 0 saturated carbocycles. The fraction of sp³-hybridized carbons (Fsp3) is 0.455. The van der Waals surface area contributed by atoms with Gasteiger partial charge in [0.05, 0.1) is 13.2 Å². The maximum Gasteiger partial charge on any atom is 0.397 e. The Bertz CT molecular complexity index is 319. The van der Waals surface area contributed by atoms with Gasteiger partial charge in [0.25, 0.3) is 0 Å². The maximum absolute atomic E-state index is 12.5. The standard InChI is InChI=1S/C11H13F3O2/c1-2-16-9-5-3-8(4-6-9)10(7-15)11(12,13)14/h3-6,10,15H,2,7H2,1H3. The van der Waals surface area contributed by atoms with Gasteiger partial charge in [-0.25, -0.2) is 0 Å². The number of hydrogen-bond donors (Lipinski definition) is 1. The van der Waals surface area contributed by atoms with Gasteiger partial charge in [0.1, 0.15) is 11.7 Å². The van der Waals surface area contributed by atoms with E-state index in [1.807, 2.05) is 0 Å². The van der Waals surface area contributed by atoms with Crippen molar-refractivity contribution >= 4 is 0 Å². The molecule has 1 aromatic rings. The van der Waals surface area contributed by atoms with Crippen LogP contribution in [-0.2, 0) is 0 Å². The van der Waals surface area contributed by atoms with Crippen LogP contribution in [0.15, 0.2) is 24.3 Å². The van der Waals surface area contributed by atoms with Crippen LogP contribution in [0.3, 0.4) is 0 Å². The molecule has 1 atom stereocenters. The van der Waals surface area contributed by atoms with E-state index in [1.54, 1.807) is 6.92 Å². The number of rotatable bonds is 4. The van der Waals surface area contributed by atoms with Gasteiger partial charge in [-0.3, -0.25) is 0 Å². The van der Waals surface area contributed by atoms with Crippen LogP contribution < -0.4 is 4.74 Å². The molecule has 0 aliphatic carbocycles. The highest BCUT2D eigenvalue weighted by Crippen LogP contribution is 2.34. The Morgan fingerprint density at radius 3 is 2.19 bits per heavy atom. The summed E-state index contributed by atoms with van der Waals surface area (Å²) in [5.74, 6) is -1.31. The molecule has 2 nitrogen and oxygen atoms in total. The zero-order valence-corrected chi connectivity index (χ0v) is 8.79. The summed E-state index contributed by atoms with van der Waals surface area (Å²) in [6.07, 6.45) is -4.43. The van der Waals surface area contributed by atoms with E-state index in [4.69, 9.17) is 9.84 Å². The van der Waals surface area contributed by atoms with Crippen LogP contribution in [0, 0.1) is 0 Å². The first kappa shape index (κ1) is 12.8. The van der Waals surface area contributed by atoms with E-state index >= 15 is 0 Å². The molecule has 0 saturated heterocycles. The number of benzene rings is 1. The minimum atomic E-state index is -4.43. The highest BCUT2D eigenvalue weighted by Gasteiger charge is 2.40. The summed E-state index contributed by atoms with van der Waals surface area (Å²) >= 11 is 0. The number of aliphatic hydroxyl groups is 1. The van der Waals surface area contributed by atoms with Crippen molar-refractivity contribution in [3.05, 3.63) is 29.8 Å². The van der Waals surface area contributed by atoms with Crippen molar-refractivity contribution in [3.8, 4) is 5.75 Å². The summed E-state index contributed by atoms with van der Waals surface area (Å²) in [7, 11) is 0. The van der Waals surface area contributed by atoms with Gasteiger partial charge in [0.15, 0.2) is 0 Å². The highest BCUT2D eigenvalue weighted by molar-refractivity contribution is 5.30. The molecule has 0 aliphatic rings. The Labute approximate surface area is 91.7 Å². The van der Waals surface area contributed by atoms with Gasteiger partial charge in [-0.1, -0.05) is 12.1 Å². The zero-order valence-electron chi connectivity index (χ0n) is 8.79. The van der Waals surface area contributed by atoms with Crippen LogP contribution in [0.2, 0.25) is 0 Å². The Morgan fingerprint density at radius 1 is 1.25 bits per heavy atom. The van der Waals surface area contributed by atoms with Crippen LogP contribution in [-0.4, -0.2) is 24.5 Å². The molecule has 1 unspecified atom stereocenters. The number of ether oxygens (including phenoxy) is 1. The molecule has 0 heterocycles. The van der Waals surface area contributed by atoms with Crippen molar-refractivity contribution in [1.82, 2.24) is 0 Å². The first-order valence-corrected chi connectivity index (χ1v) is 4.89. The fourth-order valence-electron chi connectivity index (χ4n) is 1.36. The molecule has 0 aliphatic heterocycles. The molecular formula is C11H13F3O2. The lowest BCUT2D eigenvalue weighted by Crippen LogP contribution is -2.23. The van der Waals surface area contributed by atoms with Crippen LogP contribution in [0.4, 0.5) is 13.2 Å². The summed E-state index contributed by atoms with van der Waals surface area (Å²) in [6.45, 7) is 1.31. The third-order valence-corrected chi connectivity index (χ3v) is 2.17. The van der Waals surface area contributed by atoms with Crippen molar-refractivity contribution in [3.63, 3.8) is 0 Å². The normalized spacial score (nSPS) is 13.6. The second-order valence-electron chi connectivity index (χ2n) is 3.28. The predicted molar refractivity (Wildman–Crippen MR) is 53.5 cm³/mol. The van der Waals surface area contributed by atoms with Gasteiger partial charge in [-0.15, -0.1) is 0 Å². The van der Waals surface area contributed by atoms with Crippen molar-refractivity contribution in [1.29, 1.82) is 0 Å². The molecule has 16 heavy (non-hydrogen) atoms. The summed E-state index contributed by atoms with van der Waals surface area (Å²) in [4.78, 5) is 0. The largest absolute Gasteiger partial charge is 0.494 e. The second kappa shape index (κ2) is 5.21. The molecule has 0 fully saturated rings. The van der Waals surface area contributed by atoms with Crippen molar-refractivity contribution in [2.24, 2.45) is 0 Å². The molecule has 1 N–H and O–H groups in total. The van der Waals surface area contributed by atoms with Crippen LogP contribution in [0.25, 0.3) is 0 Å². The topological polar surface area (TPSA) is 29.5 Å². The Hall–Kier alpha value is -1.23. The molecule has 1 rings (SSSR count). The predicted octanol–water partition coefficient (Wildman–Crippen LogP) is 2.72. The first-order valence-electron chi connectivity index (χ1n) is 4.89. The Kier molecular flexibility index (Phi) is 4.18. The Balaban J connectivity index is 2.87. The van der Waals surface area contributed by atoms with Gasteiger partial charge in [-0.2, -0.15) is 13.2 Å². The fourth-order valence-corrected chi connectivity index (χ4v) is 1.36. The molecule has 5 heteroatoms. The maximum atomic E-state index is 12.5. The number of aliphatic hydroxyl groups excluding tert-OH is 1. The smallest absolute Gasteiger partial charge is 0.397 e. The minimum absolute atomic E-state index is 0.0402.